The second-order valence-electron chi connectivity index (χ2n) is 3.68. The second kappa shape index (κ2) is 5.29. The van der Waals surface area contributed by atoms with Gasteiger partial charge in [0.05, 0.1) is 12.0 Å². The van der Waals surface area contributed by atoms with Gasteiger partial charge in [-0.25, -0.2) is 8.42 Å². The van der Waals surface area contributed by atoms with Gasteiger partial charge in [-0.15, -0.1) is 0 Å². The van der Waals surface area contributed by atoms with Gasteiger partial charge in [0.15, 0.2) is 0 Å². The summed E-state index contributed by atoms with van der Waals surface area (Å²) < 4.78 is 30.5. The highest BCUT2D eigenvalue weighted by molar-refractivity contribution is 7.89. The molecule has 1 N–H and O–H groups in total. The number of ether oxygens (including phenoxy) is 1. The summed E-state index contributed by atoms with van der Waals surface area (Å²) in [6, 6.07) is 5.53. The van der Waals surface area contributed by atoms with E-state index in [0.717, 1.165) is 5.56 Å². The van der Waals surface area contributed by atoms with Gasteiger partial charge >= 0.3 is 5.97 Å². The van der Waals surface area contributed by atoms with Crippen molar-refractivity contribution in [2.45, 2.75) is 24.8 Å². The number of carbonyl (C=O) groups excluding carboxylic acids is 1. The highest BCUT2D eigenvalue weighted by atomic mass is 32.2. The van der Waals surface area contributed by atoms with Crippen LogP contribution in [0.4, 0.5) is 0 Å². The average molecular weight is 257 g/mol. The van der Waals surface area contributed by atoms with Crippen molar-refractivity contribution >= 4 is 16.0 Å². The number of benzene rings is 1. The summed E-state index contributed by atoms with van der Waals surface area (Å²) >= 11 is 0. The number of esters is 1. The lowest BCUT2D eigenvalue weighted by Crippen LogP contribution is -2.39. The Morgan fingerprint density at radius 1 is 1.41 bits per heavy atom. The van der Waals surface area contributed by atoms with Crippen molar-refractivity contribution in [3.8, 4) is 0 Å². The van der Waals surface area contributed by atoms with Crippen molar-refractivity contribution in [2.24, 2.45) is 0 Å². The van der Waals surface area contributed by atoms with Crippen LogP contribution in [0.2, 0.25) is 0 Å². The van der Waals surface area contributed by atoms with Crippen LogP contribution in [-0.4, -0.2) is 27.5 Å². The summed E-state index contributed by atoms with van der Waals surface area (Å²) in [5, 5.41) is 0. The van der Waals surface area contributed by atoms with E-state index < -0.39 is 22.0 Å². The van der Waals surface area contributed by atoms with Crippen molar-refractivity contribution < 1.29 is 17.9 Å². The molecule has 0 bridgehead atoms. The molecule has 1 aromatic rings. The molecule has 1 atom stereocenters. The molecule has 0 saturated carbocycles. The van der Waals surface area contributed by atoms with Crippen molar-refractivity contribution in [3.05, 3.63) is 29.8 Å². The molecule has 0 fully saturated rings. The number of nitrogens with one attached hydrogen (secondary N) is 1. The molecule has 94 valence electrons. The largest absolute Gasteiger partial charge is 0.468 e. The van der Waals surface area contributed by atoms with E-state index >= 15 is 0 Å². The highest BCUT2D eigenvalue weighted by Crippen LogP contribution is 2.11. The molecular weight excluding hydrogens is 242 g/mol. The monoisotopic (exact) mass is 257 g/mol. The summed E-state index contributed by atoms with van der Waals surface area (Å²) in [4.78, 5) is 11.3. The summed E-state index contributed by atoms with van der Waals surface area (Å²) in [6.07, 6.45) is 0. The number of sulfonamides is 1. The predicted molar refractivity (Wildman–Crippen MR) is 63.0 cm³/mol. The Morgan fingerprint density at radius 3 is 2.59 bits per heavy atom. The minimum Gasteiger partial charge on any atom is -0.468 e. The van der Waals surface area contributed by atoms with Crippen molar-refractivity contribution in [3.63, 3.8) is 0 Å². The fourth-order valence-corrected chi connectivity index (χ4v) is 2.60. The molecule has 0 amide bonds. The first-order valence-electron chi connectivity index (χ1n) is 5.03. The van der Waals surface area contributed by atoms with E-state index in [9.17, 15) is 13.2 Å². The van der Waals surface area contributed by atoms with Crippen molar-refractivity contribution in [1.82, 2.24) is 4.72 Å². The molecule has 17 heavy (non-hydrogen) atoms. The first-order chi connectivity index (χ1) is 7.86. The molecule has 0 spiro atoms. The SMILES string of the molecule is COC(=O)C(C)NS(=O)(=O)c1cccc(C)c1. The maximum Gasteiger partial charge on any atom is 0.323 e. The molecule has 0 saturated heterocycles. The van der Waals surface area contributed by atoms with Crippen LogP contribution in [0.3, 0.4) is 0 Å². The number of aryl methyl sites for hydroxylation is 1. The van der Waals surface area contributed by atoms with E-state index in [1.165, 1.54) is 26.2 Å². The fourth-order valence-electron chi connectivity index (χ4n) is 1.31. The lowest BCUT2D eigenvalue weighted by molar-refractivity contribution is -0.142. The van der Waals surface area contributed by atoms with Crippen LogP contribution in [0.1, 0.15) is 12.5 Å². The summed E-state index contributed by atoms with van der Waals surface area (Å²) in [7, 11) is -2.48. The normalized spacial score (nSPS) is 13.1. The number of methoxy groups -OCH3 is 1. The quantitative estimate of drug-likeness (QED) is 0.811. The Kier molecular flexibility index (Phi) is 4.25. The van der Waals surface area contributed by atoms with Gasteiger partial charge in [-0.1, -0.05) is 12.1 Å². The summed E-state index contributed by atoms with van der Waals surface area (Å²) in [5.41, 5.74) is 0.832. The maximum absolute atomic E-state index is 11.9. The Balaban J connectivity index is 2.93. The molecule has 6 heteroatoms. The van der Waals surface area contributed by atoms with Gasteiger partial charge in [0.25, 0.3) is 0 Å². The maximum atomic E-state index is 11.9. The molecule has 0 aliphatic rings. The van der Waals surface area contributed by atoms with Gasteiger partial charge in [-0.3, -0.25) is 4.79 Å². The van der Waals surface area contributed by atoms with E-state index in [2.05, 4.69) is 9.46 Å². The third kappa shape index (κ3) is 3.54. The molecule has 1 rings (SSSR count). The Labute approximate surface area is 101 Å². The number of hydrogen-bond acceptors (Lipinski definition) is 4. The van der Waals surface area contributed by atoms with Crippen LogP contribution in [0.5, 0.6) is 0 Å². The third-order valence-electron chi connectivity index (χ3n) is 2.19. The van der Waals surface area contributed by atoms with E-state index in [0.29, 0.717) is 0 Å². The third-order valence-corrected chi connectivity index (χ3v) is 3.72. The molecular formula is C11H15NO4S. The van der Waals surface area contributed by atoms with Gasteiger partial charge in [0, 0.05) is 0 Å². The number of hydrogen-bond donors (Lipinski definition) is 1. The fraction of sp³-hybridized carbons (Fsp3) is 0.364. The van der Waals surface area contributed by atoms with Crippen LogP contribution in [0, 0.1) is 6.92 Å². The second-order valence-corrected chi connectivity index (χ2v) is 5.40. The van der Waals surface area contributed by atoms with E-state index in [4.69, 9.17) is 0 Å². The smallest absolute Gasteiger partial charge is 0.323 e. The first kappa shape index (κ1) is 13.7. The minimum atomic E-state index is -3.69. The van der Waals surface area contributed by atoms with Crippen LogP contribution in [0.25, 0.3) is 0 Å². The van der Waals surface area contributed by atoms with Gasteiger partial charge in [-0.2, -0.15) is 4.72 Å². The molecule has 0 aliphatic heterocycles. The lowest BCUT2D eigenvalue weighted by Gasteiger charge is -2.12. The Hall–Kier alpha value is -1.40. The van der Waals surface area contributed by atoms with Gasteiger partial charge in [0.2, 0.25) is 10.0 Å². The van der Waals surface area contributed by atoms with Crippen LogP contribution in [-0.2, 0) is 19.6 Å². The summed E-state index contributed by atoms with van der Waals surface area (Å²) in [5.74, 6) is -0.624. The predicted octanol–water partition coefficient (Wildman–Crippen LogP) is 0.835. The zero-order valence-electron chi connectivity index (χ0n) is 9.93. The number of carbonyl (C=O) groups is 1. The van der Waals surface area contributed by atoms with Crippen LogP contribution in [0.15, 0.2) is 29.2 Å². The molecule has 1 aromatic carbocycles. The van der Waals surface area contributed by atoms with E-state index in [-0.39, 0.29) is 4.90 Å². The lowest BCUT2D eigenvalue weighted by atomic mass is 10.2. The molecule has 0 heterocycles. The van der Waals surface area contributed by atoms with Crippen molar-refractivity contribution in [2.75, 3.05) is 7.11 Å². The highest BCUT2D eigenvalue weighted by Gasteiger charge is 2.22. The molecule has 0 aliphatic carbocycles. The van der Waals surface area contributed by atoms with Gasteiger partial charge < -0.3 is 4.74 Å². The van der Waals surface area contributed by atoms with Crippen LogP contribution < -0.4 is 4.72 Å². The molecule has 1 unspecified atom stereocenters. The van der Waals surface area contributed by atoms with E-state index in [1.54, 1.807) is 19.1 Å². The summed E-state index contributed by atoms with van der Waals surface area (Å²) in [6.45, 7) is 3.22. The molecule has 0 radical (unpaired) electrons. The van der Waals surface area contributed by atoms with Gasteiger partial charge in [-0.05, 0) is 31.5 Å². The average Bonchev–Trinajstić information content (AvgIpc) is 2.27. The van der Waals surface area contributed by atoms with Gasteiger partial charge in [0.1, 0.15) is 6.04 Å². The topological polar surface area (TPSA) is 72.5 Å². The Morgan fingerprint density at radius 2 is 2.06 bits per heavy atom. The molecule has 0 aromatic heterocycles. The molecule has 5 nitrogen and oxygen atoms in total. The first-order valence-corrected chi connectivity index (χ1v) is 6.52. The number of rotatable bonds is 4. The van der Waals surface area contributed by atoms with Crippen LogP contribution >= 0.6 is 0 Å². The van der Waals surface area contributed by atoms with E-state index in [1.807, 2.05) is 0 Å². The Bertz CT molecular complexity index is 510. The zero-order valence-corrected chi connectivity index (χ0v) is 10.7. The van der Waals surface area contributed by atoms with Crippen molar-refractivity contribution in [1.29, 1.82) is 0 Å². The standard InChI is InChI=1S/C11H15NO4S/c1-8-5-4-6-10(7-8)17(14,15)12-9(2)11(13)16-3/h4-7,9,12H,1-3H3. The zero-order chi connectivity index (χ0) is 13.1. The minimum absolute atomic E-state index is 0.133.